The molecule has 0 unspecified atom stereocenters. The minimum absolute atomic E-state index is 0.0305. The van der Waals surface area contributed by atoms with Crippen molar-refractivity contribution in [3.05, 3.63) is 70.5 Å². The maximum Gasteiger partial charge on any atom is 0.230 e. The van der Waals surface area contributed by atoms with Crippen LogP contribution in [0.2, 0.25) is 0 Å². The molecule has 2 nitrogen and oxygen atoms in total. The second-order valence-corrected chi connectivity index (χ2v) is 6.70. The van der Waals surface area contributed by atoms with Gasteiger partial charge in [-0.1, -0.05) is 36.4 Å². The summed E-state index contributed by atoms with van der Waals surface area (Å²) in [5, 5.41) is 2.99. The molecule has 0 aliphatic rings. The number of amides is 1. The first-order valence-corrected chi connectivity index (χ1v) is 8.80. The Bertz CT molecular complexity index is 687. The zero-order valence-electron chi connectivity index (χ0n) is 13.7. The molecule has 1 N–H and O–H groups in total. The van der Waals surface area contributed by atoms with Crippen molar-refractivity contribution in [3.8, 4) is 0 Å². The largest absolute Gasteiger partial charge is 0.349 e. The summed E-state index contributed by atoms with van der Waals surface area (Å²) < 4.78 is 13.5. The highest BCUT2D eigenvalue weighted by Gasteiger charge is 2.11. The van der Waals surface area contributed by atoms with Crippen LogP contribution >= 0.6 is 11.8 Å². The molecular formula is C19H22FNOS. The molecular weight excluding hydrogens is 309 g/mol. The van der Waals surface area contributed by atoms with Crippen molar-refractivity contribution in [2.24, 2.45) is 0 Å². The van der Waals surface area contributed by atoms with Crippen LogP contribution in [0.4, 0.5) is 4.39 Å². The van der Waals surface area contributed by atoms with Gasteiger partial charge in [0.25, 0.3) is 0 Å². The summed E-state index contributed by atoms with van der Waals surface area (Å²) in [6.07, 6.45) is 0. The Morgan fingerprint density at radius 2 is 1.91 bits per heavy atom. The summed E-state index contributed by atoms with van der Waals surface area (Å²) in [4.78, 5) is 12.0. The topological polar surface area (TPSA) is 29.1 Å². The number of halogens is 1. The van der Waals surface area contributed by atoms with Crippen molar-refractivity contribution >= 4 is 17.7 Å². The van der Waals surface area contributed by atoms with Crippen LogP contribution in [0.25, 0.3) is 0 Å². The van der Waals surface area contributed by atoms with Crippen LogP contribution in [-0.4, -0.2) is 11.7 Å². The van der Waals surface area contributed by atoms with E-state index in [1.807, 2.05) is 13.0 Å². The maximum absolute atomic E-state index is 13.5. The monoisotopic (exact) mass is 331 g/mol. The van der Waals surface area contributed by atoms with Crippen LogP contribution < -0.4 is 5.32 Å². The lowest BCUT2D eigenvalue weighted by molar-refractivity contribution is -0.119. The van der Waals surface area contributed by atoms with Crippen molar-refractivity contribution < 1.29 is 9.18 Å². The molecule has 0 heterocycles. The molecule has 0 aromatic heterocycles. The molecule has 2 aromatic rings. The predicted molar refractivity (Wildman–Crippen MR) is 95.0 cm³/mol. The number of nitrogens with one attached hydrogen (secondary N) is 1. The Morgan fingerprint density at radius 1 is 1.17 bits per heavy atom. The number of benzene rings is 2. The molecule has 2 rings (SSSR count). The van der Waals surface area contributed by atoms with Crippen molar-refractivity contribution in [1.29, 1.82) is 0 Å². The average molecular weight is 331 g/mol. The normalized spacial score (nSPS) is 12.0. The van der Waals surface area contributed by atoms with Gasteiger partial charge >= 0.3 is 0 Å². The summed E-state index contributed by atoms with van der Waals surface area (Å²) in [7, 11) is 0. The number of aryl methyl sites for hydroxylation is 2. The lowest BCUT2D eigenvalue weighted by Gasteiger charge is -2.15. The average Bonchev–Trinajstić information content (AvgIpc) is 2.51. The van der Waals surface area contributed by atoms with E-state index in [-0.39, 0.29) is 17.8 Å². The van der Waals surface area contributed by atoms with E-state index in [0.717, 1.165) is 5.56 Å². The van der Waals surface area contributed by atoms with Gasteiger partial charge in [0.15, 0.2) is 0 Å². The van der Waals surface area contributed by atoms with Crippen LogP contribution in [-0.2, 0) is 10.5 Å². The lowest BCUT2D eigenvalue weighted by atomic mass is 10.0. The summed E-state index contributed by atoms with van der Waals surface area (Å²) in [5.74, 6) is 0.572. The van der Waals surface area contributed by atoms with Crippen LogP contribution in [0.1, 0.15) is 35.2 Å². The van der Waals surface area contributed by atoms with Gasteiger partial charge in [-0.15, -0.1) is 11.8 Å². The second kappa shape index (κ2) is 8.16. The number of carbonyl (C=O) groups excluding carboxylic acids is 1. The fourth-order valence-corrected chi connectivity index (χ4v) is 3.09. The van der Waals surface area contributed by atoms with Gasteiger partial charge < -0.3 is 5.32 Å². The molecule has 0 saturated heterocycles. The number of carbonyl (C=O) groups is 1. The van der Waals surface area contributed by atoms with E-state index in [2.05, 4.69) is 31.3 Å². The van der Waals surface area contributed by atoms with Gasteiger partial charge in [-0.05, 0) is 49.1 Å². The molecule has 0 aliphatic heterocycles. The molecule has 0 bridgehead atoms. The number of hydrogen-bond donors (Lipinski definition) is 1. The number of rotatable bonds is 6. The minimum Gasteiger partial charge on any atom is -0.349 e. The summed E-state index contributed by atoms with van der Waals surface area (Å²) in [5.41, 5.74) is 4.19. The van der Waals surface area contributed by atoms with Gasteiger partial charge in [0.05, 0.1) is 11.8 Å². The van der Waals surface area contributed by atoms with E-state index in [1.54, 1.807) is 18.2 Å². The smallest absolute Gasteiger partial charge is 0.230 e. The second-order valence-electron chi connectivity index (χ2n) is 5.72. The van der Waals surface area contributed by atoms with Gasteiger partial charge in [-0.2, -0.15) is 0 Å². The Morgan fingerprint density at radius 3 is 2.61 bits per heavy atom. The maximum atomic E-state index is 13.5. The van der Waals surface area contributed by atoms with Crippen LogP contribution in [0.5, 0.6) is 0 Å². The van der Waals surface area contributed by atoms with E-state index < -0.39 is 0 Å². The van der Waals surface area contributed by atoms with Crippen molar-refractivity contribution in [1.82, 2.24) is 5.32 Å². The number of thioether (sulfide) groups is 1. The van der Waals surface area contributed by atoms with Crippen LogP contribution in [0, 0.1) is 19.7 Å². The van der Waals surface area contributed by atoms with E-state index >= 15 is 0 Å². The van der Waals surface area contributed by atoms with Crippen LogP contribution in [0.15, 0.2) is 42.5 Å². The van der Waals surface area contributed by atoms with Crippen molar-refractivity contribution in [3.63, 3.8) is 0 Å². The highest BCUT2D eigenvalue weighted by Crippen LogP contribution is 2.18. The zero-order valence-corrected chi connectivity index (χ0v) is 14.5. The predicted octanol–water partition coefficient (Wildman–Crippen LogP) is 4.55. The number of hydrogen-bond acceptors (Lipinski definition) is 2. The Hall–Kier alpha value is -1.81. The molecule has 122 valence electrons. The van der Waals surface area contributed by atoms with E-state index in [1.165, 1.54) is 29.0 Å². The van der Waals surface area contributed by atoms with Crippen LogP contribution in [0.3, 0.4) is 0 Å². The lowest BCUT2D eigenvalue weighted by Crippen LogP contribution is -2.28. The standard InChI is InChI=1S/C19H22FNOS/c1-13-8-9-16(10-14(13)2)15(3)21-19(22)12-23-11-17-6-4-5-7-18(17)20/h4-10,15H,11-12H2,1-3H3,(H,21,22)/t15-/m1/s1. The molecule has 0 radical (unpaired) electrons. The minimum atomic E-state index is -0.219. The van der Waals surface area contributed by atoms with E-state index in [9.17, 15) is 9.18 Å². The van der Waals surface area contributed by atoms with Gasteiger partial charge in [0, 0.05) is 5.75 Å². The first-order chi connectivity index (χ1) is 11.0. The molecule has 0 spiro atoms. The molecule has 0 aliphatic carbocycles. The third kappa shape index (κ3) is 5.10. The Balaban J connectivity index is 1.82. The van der Waals surface area contributed by atoms with E-state index in [0.29, 0.717) is 17.1 Å². The van der Waals surface area contributed by atoms with Crippen molar-refractivity contribution in [2.45, 2.75) is 32.6 Å². The Kier molecular flexibility index (Phi) is 6.22. The molecule has 2 aromatic carbocycles. The molecule has 23 heavy (non-hydrogen) atoms. The zero-order chi connectivity index (χ0) is 16.8. The first-order valence-electron chi connectivity index (χ1n) is 7.65. The fraction of sp³-hybridized carbons (Fsp3) is 0.316. The van der Waals surface area contributed by atoms with Gasteiger partial charge in [-0.3, -0.25) is 4.79 Å². The fourth-order valence-electron chi connectivity index (χ4n) is 2.27. The third-order valence-electron chi connectivity index (χ3n) is 3.86. The van der Waals surface area contributed by atoms with Gasteiger partial charge in [0.2, 0.25) is 5.91 Å². The first kappa shape index (κ1) is 17.5. The summed E-state index contributed by atoms with van der Waals surface area (Å²) in [6.45, 7) is 6.11. The highest BCUT2D eigenvalue weighted by molar-refractivity contribution is 7.99. The van der Waals surface area contributed by atoms with Crippen molar-refractivity contribution in [2.75, 3.05) is 5.75 Å². The molecule has 0 fully saturated rings. The quantitative estimate of drug-likeness (QED) is 0.841. The summed E-state index contributed by atoms with van der Waals surface area (Å²) >= 11 is 1.42. The van der Waals surface area contributed by atoms with E-state index in [4.69, 9.17) is 0 Å². The Labute approximate surface area is 141 Å². The molecule has 1 atom stereocenters. The van der Waals surface area contributed by atoms with Gasteiger partial charge in [-0.25, -0.2) is 4.39 Å². The third-order valence-corrected chi connectivity index (χ3v) is 4.84. The summed E-state index contributed by atoms with van der Waals surface area (Å²) in [6, 6.07) is 12.8. The SMILES string of the molecule is Cc1ccc([C@@H](C)NC(=O)CSCc2ccccc2F)cc1C. The molecule has 0 saturated carbocycles. The molecule has 4 heteroatoms. The molecule has 1 amide bonds. The highest BCUT2D eigenvalue weighted by atomic mass is 32.2. The van der Waals surface area contributed by atoms with Gasteiger partial charge in [0.1, 0.15) is 5.82 Å².